The highest BCUT2D eigenvalue weighted by atomic mass is 32.4. The molecule has 0 radical (unpaired) electrons. The molecule has 4 aliphatic rings. The second-order valence-electron chi connectivity index (χ2n) is 14.5. The van der Waals surface area contributed by atoms with Crippen LogP contribution in [0, 0.1) is 17.0 Å². The van der Waals surface area contributed by atoms with E-state index in [2.05, 4.69) is 28.6 Å². The maximum absolute atomic E-state index is 14.2. The van der Waals surface area contributed by atoms with Crippen LogP contribution in [0.25, 0.3) is 0 Å². The molecule has 0 saturated carbocycles. The molecule has 0 N–H and O–H groups in total. The zero-order chi connectivity index (χ0) is 40.2. The Morgan fingerprint density at radius 3 is 2.14 bits per heavy atom. The summed E-state index contributed by atoms with van der Waals surface area (Å²) in [7, 11) is 6.44. The number of amides is 2. The van der Waals surface area contributed by atoms with Crippen LogP contribution in [0.4, 0.5) is 22.7 Å². The average molecular weight is 834 g/mol. The summed E-state index contributed by atoms with van der Waals surface area (Å²) >= 11 is 0. The van der Waals surface area contributed by atoms with Crippen molar-refractivity contribution in [3.63, 3.8) is 0 Å². The molecule has 0 aromatic heterocycles. The van der Waals surface area contributed by atoms with Gasteiger partial charge in [-0.25, -0.2) is 0 Å². The molecule has 4 aliphatic heterocycles. The average Bonchev–Trinajstić information content (AvgIpc) is 3.70. The van der Waals surface area contributed by atoms with Crippen LogP contribution in [-0.2, 0) is 26.1 Å². The topological polar surface area (TPSA) is 136 Å². The van der Waals surface area contributed by atoms with E-state index in [1.54, 1.807) is 23.1 Å². The number of methoxy groups -OCH3 is 1. The van der Waals surface area contributed by atoms with Crippen molar-refractivity contribution in [3.05, 3.63) is 140 Å². The second kappa shape index (κ2) is 15.3. The molecule has 58 heavy (non-hydrogen) atoms. The van der Waals surface area contributed by atoms with Gasteiger partial charge in [0.05, 0.1) is 41.7 Å². The molecule has 0 spiro atoms. The smallest absolute Gasteiger partial charge is 0.299 e. The largest absolute Gasteiger partial charge is 0.493 e. The molecule has 13 nitrogen and oxygen atoms in total. The number of hydrogen-bond acceptors (Lipinski definition) is 10. The molecule has 2 unspecified atom stereocenters. The quantitative estimate of drug-likeness (QED) is 0.0772. The third-order valence-corrected chi connectivity index (χ3v) is 13.5. The van der Waals surface area contributed by atoms with Crippen molar-refractivity contribution in [3.8, 4) is 23.0 Å². The van der Waals surface area contributed by atoms with Crippen molar-refractivity contribution >= 4 is 66.1 Å². The summed E-state index contributed by atoms with van der Waals surface area (Å²) in [6, 6.07) is 27.7. The van der Waals surface area contributed by atoms with Crippen molar-refractivity contribution in [2.45, 2.75) is 45.1 Å². The molecule has 4 atom stereocenters. The van der Waals surface area contributed by atoms with Crippen molar-refractivity contribution in [1.82, 2.24) is 0 Å². The van der Waals surface area contributed by atoms with E-state index in [9.17, 15) is 19.7 Å². The number of ether oxygens (including phenoxy) is 3. The fourth-order valence-corrected chi connectivity index (χ4v) is 10.4. The Balaban J connectivity index is 0.968. The van der Waals surface area contributed by atoms with Gasteiger partial charge in [-0.2, -0.15) is 0 Å². The van der Waals surface area contributed by atoms with Crippen molar-refractivity contribution in [1.29, 1.82) is 0 Å². The van der Waals surface area contributed by atoms with E-state index in [4.69, 9.17) is 24.0 Å². The summed E-state index contributed by atoms with van der Waals surface area (Å²) in [6.07, 6.45) is 3.26. The number of nitrogens with zero attached hydrogens (tertiary/aromatic N) is 5. The summed E-state index contributed by atoms with van der Waals surface area (Å²) in [5, 5.41) is 10.6. The van der Waals surface area contributed by atoms with Crippen LogP contribution in [0.3, 0.4) is 0 Å². The lowest BCUT2D eigenvalue weighted by atomic mass is 10.1. The Labute approximate surface area is 340 Å². The van der Waals surface area contributed by atoms with Gasteiger partial charge in [-0.05, 0) is 83.6 Å². The fourth-order valence-electron chi connectivity index (χ4n) is 8.29. The van der Waals surface area contributed by atoms with E-state index in [0.717, 1.165) is 40.2 Å². The van der Waals surface area contributed by atoms with Gasteiger partial charge in [0.2, 0.25) is 0 Å². The van der Waals surface area contributed by atoms with E-state index in [-0.39, 0.29) is 42.9 Å². The van der Waals surface area contributed by atoms with Crippen LogP contribution in [-0.4, -0.2) is 48.9 Å². The molecule has 5 aromatic carbocycles. The first-order chi connectivity index (χ1) is 28.1. The third kappa shape index (κ3) is 6.91. The van der Waals surface area contributed by atoms with Crippen LogP contribution in [0.1, 0.15) is 48.5 Å². The third-order valence-electron chi connectivity index (χ3n) is 10.9. The molecule has 0 bridgehead atoms. The highest BCUT2D eigenvalue weighted by molar-refractivity contribution is 8.43. The zero-order valence-electron chi connectivity index (χ0n) is 31.5. The van der Waals surface area contributed by atoms with E-state index in [0.29, 0.717) is 58.2 Å². The summed E-state index contributed by atoms with van der Waals surface area (Å²) in [5.41, 5.74) is 8.21. The van der Waals surface area contributed by atoms with Gasteiger partial charge in [0.1, 0.15) is 24.7 Å². The van der Waals surface area contributed by atoms with Gasteiger partial charge in [0, 0.05) is 50.1 Å². The number of anilines is 3. The van der Waals surface area contributed by atoms with Crippen LogP contribution in [0.15, 0.2) is 96.0 Å². The maximum Gasteiger partial charge on any atom is 0.299 e. The fraction of sp³-hybridized carbons (Fsp3) is 0.214. The monoisotopic (exact) mass is 833 g/mol. The van der Waals surface area contributed by atoms with Gasteiger partial charge in [0.25, 0.3) is 16.9 Å². The number of aryl methyl sites for hydroxylation is 1. The molecule has 0 aliphatic carbocycles. The number of para-hydroxylation sites is 2. The molecule has 294 valence electrons. The lowest BCUT2D eigenvalue weighted by Crippen LogP contribution is -2.40. The molecular formula is C42H38N5O8P3. The zero-order valence-corrected chi connectivity index (χ0v) is 34.7. The Bertz CT molecular complexity index is 2550. The molecule has 4 heterocycles. The van der Waals surface area contributed by atoms with Gasteiger partial charge in [-0.15, -0.1) is 10.1 Å². The second-order valence-corrected chi connectivity index (χ2v) is 20.7. The Kier molecular flexibility index (Phi) is 10.0. The number of hydrogen-bond donors (Lipinski definition) is 0. The van der Waals surface area contributed by atoms with Crippen LogP contribution in [0.5, 0.6) is 23.0 Å². The SMILES string of the molecule is COc1cc2c(cc1OCc1cc(COc3cc4c(cc3C)C(=O)N3c5ccccc5C[C@H]3C=N4)cc(O[N+](=O)[O-])c1)N(P(P)P)C[C@@H]1Cc3ccccc3N1C2=O. The molecule has 5 aromatic rings. The molecule has 2 amide bonds. The van der Waals surface area contributed by atoms with Crippen LogP contribution < -0.4 is 33.5 Å². The molecular weight excluding hydrogens is 795 g/mol. The Hall–Kier alpha value is -5.60. The molecule has 9 rings (SSSR count). The summed E-state index contributed by atoms with van der Waals surface area (Å²) in [6.45, 7) is 2.52. The summed E-state index contributed by atoms with van der Waals surface area (Å²) < 4.78 is 20.6. The minimum atomic E-state index is -0.866. The van der Waals surface area contributed by atoms with Gasteiger partial charge >= 0.3 is 0 Å². The highest BCUT2D eigenvalue weighted by Gasteiger charge is 2.41. The van der Waals surface area contributed by atoms with E-state index in [1.807, 2.05) is 72.6 Å². The summed E-state index contributed by atoms with van der Waals surface area (Å²) in [5.74, 6) is 1.08. The van der Waals surface area contributed by atoms with E-state index >= 15 is 0 Å². The number of carbonyl (C=O) groups excluding carboxylic acids is 2. The predicted molar refractivity (Wildman–Crippen MR) is 230 cm³/mol. The number of aliphatic imine (C=N–C) groups is 1. The van der Waals surface area contributed by atoms with Gasteiger partial charge in [0.15, 0.2) is 11.5 Å². The minimum absolute atomic E-state index is 0.000854. The normalized spacial score (nSPS) is 17.4. The summed E-state index contributed by atoms with van der Waals surface area (Å²) in [4.78, 5) is 52.8. The van der Waals surface area contributed by atoms with Gasteiger partial charge in [-0.3, -0.25) is 24.3 Å². The molecule has 0 fully saturated rings. The van der Waals surface area contributed by atoms with E-state index < -0.39 is 12.5 Å². The van der Waals surface area contributed by atoms with Crippen molar-refractivity contribution in [2.75, 3.05) is 28.1 Å². The lowest BCUT2D eigenvalue weighted by Gasteiger charge is -2.31. The van der Waals surface area contributed by atoms with Gasteiger partial charge < -0.3 is 23.8 Å². The highest BCUT2D eigenvalue weighted by Crippen LogP contribution is 2.60. The van der Waals surface area contributed by atoms with Crippen LogP contribution >= 0.6 is 25.3 Å². The molecule has 0 saturated heterocycles. The number of rotatable bonds is 10. The standard InChI is InChI=1S/C42H38N5O8P3/c1-24-11-32-34(43-20-29-15-27-7-3-5-9-35(27)45(29)41(32)48)18-38(24)53-22-25-12-26(14-31(13-25)55-47(50)51)23-54-40-19-37-33(17-39(40)52-2)42(49)46-30(21-44(37)58(56)57)16-28-8-4-6-10-36(28)46/h3-14,17-20,29-30H,15-16,21-23,56-57H2,1-2H3/t29-,30-/m0/s1. The first-order valence-corrected chi connectivity index (χ1v) is 23.1. The Morgan fingerprint density at radius 1 is 0.793 bits per heavy atom. The van der Waals surface area contributed by atoms with E-state index in [1.165, 1.54) is 19.2 Å². The maximum atomic E-state index is 14.2. The molecule has 16 heteroatoms. The Morgan fingerprint density at radius 2 is 1.45 bits per heavy atom. The van der Waals surface area contributed by atoms with Gasteiger partial charge in [-0.1, -0.05) is 54.3 Å². The first-order valence-electron chi connectivity index (χ1n) is 18.6. The van der Waals surface area contributed by atoms with Crippen molar-refractivity contribution < 1.29 is 33.7 Å². The van der Waals surface area contributed by atoms with Crippen molar-refractivity contribution in [2.24, 2.45) is 4.99 Å². The number of carbonyl (C=O) groups is 2. The van der Waals surface area contributed by atoms with Crippen LogP contribution in [0.2, 0.25) is 0 Å². The minimum Gasteiger partial charge on any atom is -0.493 e. The number of fused-ring (bicyclic) bond motifs is 8. The predicted octanol–water partition coefficient (Wildman–Crippen LogP) is 8.39. The first kappa shape index (κ1) is 37.9. The number of benzene rings is 5. The lowest BCUT2D eigenvalue weighted by molar-refractivity contribution is -0.711.